The Balaban J connectivity index is 2.62. The number of benzene rings is 1. The molecule has 2 nitrogen and oxygen atoms in total. The molecule has 94 valence electrons. The van der Waals surface area contributed by atoms with Gasteiger partial charge in [-0.25, -0.2) is 9.37 Å². The summed E-state index contributed by atoms with van der Waals surface area (Å²) in [5, 5.41) is 0.857. The van der Waals surface area contributed by atoms with Gasteiger partial charge >= 0.3 is 0 Å². The molecule has 6 heteroatoms. The molecule has 2 aromatic rings. The summed E-state index contributed by atoms with van der Waals surface area (Å²) in [5.41, 5.74) is 0.366. The van der Waals surface area contributed by atoms with Gasteiger partial charge in [-0.15, -0.1) is 0 Å². The lowest BCUT2D eigenvalue weighted by molar-refractivity contribution is 0.409. The maximum Gasteiger partial charge on any atom is 0.153 e. The average molecular weight is 307 g/mol. The second-order valence-electron chi connectivity index (χ2n) is 3.45. The molecular formula is C12H7Cl3FNO. The van der Waals surface area contributed by atoms with Gasteiger partial charge in [-0.2, -0.15) is 0 Å². The lowest BCUT2D eigenvalue weighted by Gasteiger charge is -2.09. The van der Waals surface area contributed by atoms with Crippen molar-refractivity contribution in [3.05, 3.63) is 45.3 Å². The van der Waals surface area contributed by atoms with E-state index in [4.69, 9.17) is 39.5 Å². The second kappa shape index (κ2) is 5.31. The summed E-state index contributed by atoms with van der Waals surface area (Å²) in [4.78, 5) is 3.96. The van der Waals surface area contributed by atoms with Gasteiger partial charge in [-0.1, -0.05) is 34.8 Å². The molecule has 18 heavy (non-hydrogen) atoms. The molecule has 0 amide bonds. The molecule has 0 saturated carbocycles. The van der Waals surface area contributed by atoms with Gasteiger partial charge in [0.2, 0.25) is 0 Å². The van der Waals surface area contributed by atoms with Crippen molar-refractivity contribution in [3.8, 4) is 17.0 Å². The zero-order valence-electron chi connectivity index (χ0n) is 9.18. The number of hydrogen-bond donors (Lipinski definition) is 0. The molecule has 1 aromatic heterocycles. The predicted molar refractivity (Wildman–Crippen MR) is 71.2 cm³/mol. The van der Waals surface area contributed by atoms with Crippen LogP contribution in [-0.2, 0) is 0 Å². The molecule has 0 atom stereocenters. The minimum atomic E-state index is -0.569. The highest BCUT2D eigenvalue weighted by Crippen LogP contribution is 2.37. The number of rotatable bonds is 2. The maximum absolute atomic E-state index is 13.9. The number of halogens is 4. The highest BCUT2D eigenvalue weighted by molar-refractivity contribution is 6.41. The quantitative estimate of drug-likeness (QED) is 0.790. The Hall–Kier alpha value is -1.03. The van der Waals surface area contributed by atoms with E-state index >= 15 is 0 Å². The van der Waals surface area contributed by atoms with E-state index in [1.54, 1.807) is 0 Å². The molecule has 0 fully saturated rings. The van der Waals surface area contributed by atoms with Crippen molar-refractivity contribution in [2.75, 3.05) is 7.11 Å². The van der Waals surface area contributed by atoms with Crippen molar-refractivity contribution in [3.63, 3.8) is 0 Å². The second-order valence-corrected chi connectivity index (χ2v) is 4.70. The number of pyridine rings is 1. The summed E-state index contributed by atoms with van der Waals surface area (Å²) >= 11 is 17.8. The Bertz CT molecular complexity index is 581. The van der Waals surface area contributed by atoms with E-state index in [0.29, 0.717) is 16.3 Å². The van der Waals surface area contributed by atoms with E-state index in [1.807, 2.05) is 0 Å². The van der Waals surface area contributed by atoms with Crippen LogP contribution >= 0.6 is 34.8 Å². The summed E-state index contributed by atoms with van der Waals surface area (Å²) in [6, 6.07) is 4.18. The van der Waals surface area contributed by atoms with Crippen LogP contribution in [0.1, 0.15) is 0 Å². The van der Waals surface area contributed by atoms with Crippen LogP contribution in [0.15, 0.2) is 24.4 Å². The van der Waals surface area contributed by atoms with E-state index in [0.717, 1.165) is 0 Å². The topological polar surface area (TPSA) is 22.1 Å². The fourth-order valence-electron chi connectivity index (χ4n) is 1.48. The first kappa shape index (κ1) is 13.4. The number of methoxy groups -OCH3 is 1. The van der Waals surface area contributed by atoms with Crippen LogP contribution in [-0.4, -0.2) is 12.1 Å². The van der Waals surface area contributed by atoms with Crippen LogP contribution in [0, 0.1) is 5.82 Å². The summed E-state index contributed by atoms with van der Waals surface area (Å²) < 4.78 is 18.8. The maximum atomic E-state index is 13.9. The van der Waals surface area contributed by atoms with E-state index in [9.17, 15) is 4.39 Å². The van der Waals surface area contributed by atoms with Gasteiger partial charge in [0.25, 0.3) is 0 Å². The van der Waals surface area contributed by atoms with Crippen LogP contribution in [0.4, 0.5) is 4.39 Å². The molecule has 0 spiro atoms. The average Bonchev–Trinajstić information content (AvgIpc) is 2.29. The largest absolute Gasteiger partial charge is 0.495 e. The van der Waals surface area contributed by atoms with Crippen LogP contribution in [0.5, 0.6) is 5.75 Å². The number of nitrogens with zero attached hydrogens (tertiary/aromatic N) is 1. The van der Waals surface area contributed by atoms with Crippen LogP contribution < -0.4 is 4.74 Å². The molecule has 1 heterocycles. The Morgan fingerprint density at radius 3 is 2.22 bits per heavy atom. The van der Waals surface area contributed by atoms with Crippen molar-refractivity contribution in [1.82, 2.24) is 4.98 Å². The van der Waals surface area contributed by atoms with Gasteiger partial charge in [-0.3, -0.25) is 0 Å². The van der Waals surface area contributed by atoms with Gasteiger partial charge in [0, 0.05) is 16.7 Å². The fraction of sp³-hybridized carbons (Fsp3) is 0.0833. The highest BCUT2D eigenvalue weighted by atomic mass is 35.5. The summed E-state index contributed by atoms with van der Waals surface area (Å²) in [7, 11) is 1.43. The molecule has 0 bridgehead atoms. The zero-order valence-corrected chi connectivity index (χ0v) is 11.4. The van der Waals surface area contributed by atoms with Gasteiger partial charge in [0.15, 0.2) is 5.82 Å². The Kier molecular flexibility index (Phi) is 3.95. The Morgan fingerprint density at radius 2 is 1.72 bits per heavy atom. The minimum absolute atomic E-state index is 0.0578. The molecule has 0 saturated heterocycles. The Morgan fingerprint density at radius 1 is 1.11 bits per heavy atom. The first-order valence-corrected chi connectivity index (χ1v) is 6.00. The summed E-state index contributed by atoms with van der Waals surface area (Å²) in [6.45, 7) is 0. The molecule has 2 rings (SSSR count). The first-order valence-electron chi connectivity index (χ1n) is 4.87. The minimum Gasteiger partial charge on any atom is -0.495 e. The monoisotopic (exact) mass is 305 g/mol. The third-order valence-electron chi connectivity index (χ3n) is 2.30. The fourth-order valence-corrected chi connectivity index (χ4v) is 2.48. The lowest BCUT2D eigenvalue weighted by atomic mass is 10.1. The molecule has 0 radical (unpaired) electrons. The molecule has 0 unspecified atom stereocenters. The van der Waals surface area contributed by atoms with Crippen LogP contribution in [0.25, 0.3) is 11.3 Å². The molecule has 1 aromatic carbocycles. The first-order chi connectivity index (χ1) is 8.52. The third kappa shape index (κ3) is 2.53. The standard InChI is InChI=1S/C12H7Cl3FNO/c1-18-7-4-10(16)12(17-5-7)11-8(14)2-6(13)3-9(11)15/h2-5H,1H3. The molecular weight excluding hydrogens is 299 g/mol. The number of aromatic nitrogens is 1. The van der Waals surface area contributed by atoms with E-state index in [-0.39, 0.29) is 15.7 Å². The molecule has 0 N–H and O–H groups in total. The number of ether oxygens (including phenoxy) is 1. The zero-order chi connectivity index (χ0) is 13.3. The van der Waals surface area contributed by atoms with Crippen LogP contribution in [0.3, 0.4) is 0 Å². The molecule has 0 aliphatic rings. The highest BCUT2D eigenvalue weighted by Gasteiger charge is 2.16. The SMILES string of the molecule is COc1cnc(-c2c(Cl)cc(Cl)cc2Cl)c(F)c1. The Labute approximate surface area is 118 Å². The van der Waals surface area contributed by atoms with Crippen molar-refractivity contribution < 1.29 is 9.13 Å². The van der Waals surface area contributed by atoms with Gasteiger partial charge in [0.1, 0.15) is 11.4 Å². The van der Waals surface area contributed by atoms with Crippen LogP contribution in [0.2, 0.25) is 15.1 Å². The smallest absolute Gasteiger partial charge is 0.153 e. The van der Waals surface area contributed by atoms with Gasteiger partial charge < -0.3 is 4.74 Å². The van der Waals surface area contributed by atoms with Crippen molar-refractivity contribution in [1.29, 1.82) is 0 Å². The predicted octanol–water partition coefficient (Wildman–Crippen LogP) is 4.86. The molecule has 0 aliphatic carbocycles. The van der Waals surface area contributed by atoms with E-state index in [1.165, 1.54) is 31.5 Å². The van der Waals surface area contributed by atoms with Crippen molar-refractivity contribution >= 4 is 34.8 Å². The van der Waals surface area contributed by atoms with E-state index in [2.05, 4.69) is 4.98 Å². The lowest BCUT2D eigenvalue weighted by Crippen LogP contribution is -1.93. The van der Waals surface area contributed by atoms with Gasteiger partial charge in [0.05, 0.1) is 23.4 Å². The van der Waals surface area contributed by atoms with Crippen molar-refractivity contribution in [2.24, 2.45) is 0 Å². The van der Waals surface area contributed by atoms with E-state index < -0.39 is 5.82 Å². The normalized spacial score (nSPS) is 10.5. The summed E-state index contributed by atoms with van der Waals surface area (Å²) in [6.07, 6.45) is 1.39. The third-order valence-corrected chi connectivity index (χ3v) is 3.11. The van der Waals surface area contributed by atoms with Crippen molar-refractivity contribution in [2.45, 2.75) is 0 Å². The molecule has 0 aliphatic heterocycles. The summed E-state index contributed by atoms with van der Waals surface area (Å²) in [5.74, 6) is -0.252. The number of hydrogen-bond acceptors (Lipinski definition) is 2. The van der Waals surface area contributed by atoms with Gasteiger partial charge in [-0.05, 0) is 12.1 Å².